The summed E-state index contributed by atoms with van der Waals surface area (Å²) in [4.78, 5) is 0. The van der Waals surface area contributed by atoms with Crippen LogP contribution in [0.1, 0.15) is 0 Å². The Kier molecular flexibility index (Phi) is 5.13. The summed E-state index contributed by atoms with van der Waals surface area (Å²) in [6.45, 7) is -0.174. The third-order valence-corrected chi connectivity index (χ3v) is 2.58. The molecule has 6 heteroatoms. The minimum Gasteiger partial charge on any atom is -1.00 e. The first kappa shape index (κ1) is 13.1. The third-order valence-electron chi connectivity index (χ3n) is 2.58. The van der Waals surface area contributed by atoms with Crippen molar-refractivity contribution in [3.05, 3.63) is 0 Å². The average molecular weight is 214 g/mol. The fraction of sp³-hybridized carbons (Fsp3) is 1.00. The molecule has 0 bridgehead atoms. The summed E-state index contributed by atoms with van der Waals surface area (Å²) in [6, 6.07) is -0.259. The molecule has 0 saturated heterocycles. The van der Waals surface area contributed by atoms with E-state index in [0.29, 0.717) is 0 Å². The van der Waals surface area contributed by atoms with Gasteiger partial charge in [0.05, 0.1) is 18.6 Å². The van der Waals surface area contributed by atoms with Crippen LogP contribution in [0.3, 0.4) is 0 Å². The van der Waals surface area contributed by atoms with E-state index in [4.69, 9.17) is 9.84 Å². The molecule has 0 aromatic heterocycles. The average Bonchev–Trinajstić information content (AvgIpc) is 2.25. The second-order valence-electron chi connectivity index (χ2n) is 3.19. The Balaban J connectivity index is 0.00000144. The molecule has 1 aliphatic rings. The van der Waals surface area contributed by atoms with Crippen molar-refractivity contribution < 1.29 is 38.2 Å². The van der Waals surface area contributed by atoms with Crippen molar-refractivity contribution in [2.24, 2.45) is 5.92 Å². The van der Waals surface area contributed by atoms with Gasteiger partial charge in [-0.05, 0) is 0 Å². The molecular formula is C7H16ClNO4. The van der Waals surface area contributed by atoms with Crippen LogP contribution in [-0.4, -0.2) is 53.4 Å². The molecule has 0 unspecified atom stereocenters. The number of rotatable bonds is 2. The zero-order valence-corrected chi connectivity index (χ0v) is 8.18. The number of quaternary nitrogens is 1. The number of halogens is 1. The topological polar surface area (TPSA) is 97.6 Å². The van der Waals surface area contributed by atoms with E-state index in [0.717, 1.165) is 0 Å². The Morgan fingerprint density at radius 2 is 1.85 bits per heavy atom. The summed E-state index contributed by atoms with van der Waals surface area (Å²) in [6.07, 6.45) is -2.34. The summed E-state index contributed by atoms with van der Waals surface area (Å²) < 4.78 is 4.95. The maximum atomic E-state index is 9.40. The number of ether oxygens (including phenoxy) is 1. The van der Waals surface area contributed by atoms with Gasteiger partial charge in [0, 0.05) is 7.11 Å². The molecule has 0 aromatic carbocycles. The second kappa shape index (κ2) is 5.09. The molecule has 5 atom stereocenters. The molecule has 1 fully saturated rings. The highest BCUT2D eigenvalue weighted by Gasteiger charge is 2.50. The van der Waals surface area contributed by atoms with E-state index < -0.39 is 18.3 Å². The summed E-state index contributed by atoms with van der Waals surface area (Å²) in [7, 11) is 1.46. The SMILES string of the molecule is CO[C@H]1[C@H]([NH3+])[C@@H](CO)[C@H](O)[C@@H]1O.[Cl-]. The Morgan fingerprint density at radius 3 is 2.08 bits per heavy atom. The molecule has 0 radical (unpaired) electrons. The van der Waals surface area contributed by atoms with Crippen molar-refractivity contribution in [1.29, 1.82) is 0 Å². The molecule has 80 valence electrons. The largest absolute Gasteiger partial charge is 1.00 e. The van der Waals surface area contributed by atoms with E-state index in [1.807, 2.05) is 0 Å². The molecule has 0 heterocycles. The molecule has 1 rings (SSSR count). The van der Waals surface area contributed by atoms with Crippen molar-refractivity contribution in [2.45, 2.75) is 24.4 Å². The number of hydrogen-bond acceptors (Lipinski definition) is 4. The van der Waals surface area contributed by atoms with Gasteiger partial charge in [-0.15, -0.1) is 0 Å². The molecule has 0 spiro atoms. The van der Waals surface area contributed by atoms with Gasteiger partial charge < -0.3 is 38.2 Å². The second-order valence-corrected chi connectivity index (χ2v) is 3.19. The van der Waals surface area contributed by atoms with Crippen LogP contribution in [0.25, 0.3) is 0 Å². The fourth-order valence-corrected chi connectivity index (χ4v) is 1.76. The fourth-order valence-electron chi connectivity index (χ4n) is 1.76. The number of methoxy groups -OCH3 is 1. The van der Waals surface area contributed by atoms with Gasteiger partial charge in [-0.25, -0.2) is 0 Å². The number of hydrogen-bond donors (Lipinski definition) is 4. The van der Waals surface area contributed by atoms with Gasteiger partial charge in [0.15, 0.2) is 0 Å². The predicted octanol–water partition coefficient (Wildman–Crippen LogP) is -6.04. The van der Waals surface area contributed by atoms with Crippen LogP contribution >= 0.6 is 0 Å². The molecule has 5 nitrogen and oxygen atoms in total. The highest BCUT2D eigenvalue weighted by Crippen LogP contribution is 2.26. The number of aliphatic hydroxyl groups excluding tert-OH is 3. The molecular weight excluding hydrogens is 198 g/mol. The monoisotopic (exact) mass is 213 g/mol. The van der Waals surface area contributed by atoms with E-state index >= 15 is 0 Å². The minimum absolute atomic E-state index is 0. The van der Waals surface area contributed by atoms with Crippen LogP contribution in [0.2, 0.25) is 0 Å². The van der Waals surface area contributed by atoms with E-state index in [9.17, 15) is 10.2 Å². The van der Waals surface area contributed by atoms with Gasteiger partial charge in [0.2, 0.25) is 0 Å². The van der Waals surface area contributed by atoms with Gasteiger partial charge in [-0.2, -0.15) is 0 Å². The summed E-state index contributed by atoms with van der Waals surface area (Å²) in [5.41, 5.74) is 3.74. The molecule has 6 N–H and O–H groups in total. The van der Waals surface area contributed by atoms with Crippen LogP contribution in [0, 0.1) is 5.92 Å². The van der Waals surface area contributed by atoms with Gasteiger partial charge in [0.25, 0.3) is 0 Å². The van der Waals surface area contributed by atoms with Gasteiger partial charge in [0.1, 0.15) is 18.2 Å². The third kappa shape index (κ3) is 2.12. The van der Waals surface area contributed by atoms with Crippen LogP contribution in [-0.2, 0) is 4.74 Å². The van der Waals surface area contributed by atoms with Crippen LogP contribution in [0.5, 0.6) is 0 Å². The first-order chi connectivity index (χ1) is 5.63. The lowest BCUT2D eigenvalue weighted by atomic mass is 10.0. The van der Waals surface area contributed by atoms with E-state index in [1.54, 1.807) is 0 Å². The lowest BCUT2D eigenvalue weighted by molar-refractivity contribution is -0.447. The van der Waals surface area contributed by atoms with Gasteiger partial charge in [-0.1, -0.05) is 0 Å². The van der Waals surface area contributed by atoms with Gasteiger partial charge in [-0.3, -0.25) is 0 Å². The van der Waals surface area contributed by atoms with Crippen molar-refractivity contribution in [1.82, 2.24) is 0 Å². The lowest BCUT2D eigenvalue weighted by Gasteiger charge is -2.14. The van der Waals surface area contributed by atoms with E-state index in [2.05, 4.69) is 5.73 Å². The summed E-state index contributed by atoms with van der Waals surface area (Å²) >= 11 is 0. The lowest BCUT2D eigenvalue weighted by Crippen LogP contribution is -3.00. The number of aliphatic hydroxyl groups is 3. The molecule has 1 saturated carbocycles. The maximum absolute atomic E-state index is 9.40. The highest BCUT2D eigenvalue weighted by atomic mass is 35.5. The maximum Gasteiger partial charge on any atom is 0.137 e. The Bertz CT molecular complexity index is 143. The zero-order valence-electron chi connectivity index (χ0n) is 7.43. The summed E-state index contributed by atoms with van der Waals surface area (Å²) in [5, 5.41) is 27.7. The van der Waals surface area contributed by atoms with Crippen molar-refractivity contribution in [2.75, 3.05) is 13.7 Å². The van der Waals surface area contributed by atoms with E-state index in [-0.39, 0.29) is 31.0 Å². The van der Waals surface area contributed by atoms with Crippen molar-refractivity contribution >= 4 is 0 Å². The molecule has 0 aliphatic heterocycles. The van der Waals surface area contributed by atoms with Crippen LogP contribution in [0.15, 0.2) is 0 Å². The van der Waals surface area contributed by atoms with Crippen molar-refractivity contribution in [3.63, 3.8) is 0 Å². The van der Waals surface area contributed by atoms with Crippen molar-refractivity contribution in [3.8, 4) is 0 Å². The molecule has 0 amide bonds. The Labute approximate surface area is 82.9 Å². The molecule has 13 heavy (non-hydrogen) atoms. The predicted molar refractivity (Wildman–Crippen MR) is 40.1 cm³/mol. The summed E-state index contributed by atoms with van der Waals surface area (Å²) in [5.74, 6) is -0.384. The standard InChI is InChI=1S/C7H15NO4.ClH/c1-12-7-4(8)3(2-9)5(10)6(7)11;/h3-7,9-11H,2,8H2,1H3;1H/t3-,4-,5+,6+,7+;/m1./s1. The zero-order chi connectivity index (χ0) is 9.30. The smallest absolute Gasteiger partial charge is 0.137 e. The Hall–Kier alpha value is 0.0900. The highest BCUT2D eigenvalue weighted by molar-refractivity contribution is 4.97. The van der Waals surface area contributed by atoms with Crippen LogP contribution in [0.4, 0.5) is 0 Å². The first-order valence-corrected chi connectivity index (χ1v) is 3.96. The van der Waals surface area contributed by atoms with Gasteiger partial charge >= 0.3 is 0 Å². The Morgan fingerprint density at radius 1 is 1.31 bits per heavy atom. The normalized spacial score (nSPS) is 44.5. The van der Waals surface area contributed by atoms with E-state index in [1.165, 1.54) is 7.11 Å². The quantitative estimate of drug-likeness (QED) is 0.367. The van der Waals surface area contributed by atoms with Crippen LogP contribution < -0.4 is 18.1 Å². The molecule has 0 aromatic rings. The minimum atomic E-state index is -0.936. The first-order valence-electron chi connectivity index (χ1n) is 3.96. The molecule has 1 aliphatic carbocycles.